The van der Waals surface area contributed by atoms with E-state index < -0.39 is 4.92 Å². The maximum atomic E-state index is 12.2. The molecule has 0 spiro atoms. The highest BCUT2D eigenvalue weighted by atomic mass is 16.6. The predicted molar refractivity (Wildman–Crippen MR) is 79.8 cm³/mol. The van der Waals surface area contributed by atoms with Gasteiger partial charge in [0, 0.05) is 36.0 Å². The van der Waals surface area contributed by atoms with Crippen molar-refractivity contribution in [2.75, 3.05) is 7.11 Å². The summed E-state index contributed by atoms with van der Waals surface area (Å²) in [5.74, 6) is 0.127. The van der Waals surface area contributed by atoms with Crippen LogP contribution < -0.4 is 10.1 Å². The molecular weight excluding hydrogens is 286 g/mol. The second-order valence-electron chi connectivity index (χ2n) is 4.60. The van der Waals surface area contributed by atoms with Crippen LogP contribution in [0.2, 0.25) is 0 Å². The van der Waals surface area contributed by atoms with Crippen molar-refractivity contribution in [1.82, 2.24) is 10.3 Å². The van der Waals surface area contributed by atoms with Crippen LogP contribution in [-0.2, 0) is 6.54 Å². The fourth-order valence-corrected chi connectivity index (χ4v) is 1.98. The number of aromatic nitrogens is 1. The average Bonchev–Trinajstić information content (AvgIpc) is 2.53. The SMILES string of the molecule is COc1ccc(CNC(=O)c2cccc([N+](=O)[O-])c2C)cn1. The van der Waals surface area contributed by atoms with Gasteiger partial charge >= 0.3 is 0 Å². The summed E-state index contributed by atoms with van der Waals surface area (Å²) in [4.78, 5) is 26.6. The fourth-order valence-electron chi connectivity index (χ4n) is 1.98. The van der Waals surface area contributed by atoms with E-state index in [-0.39, 0.29) is 23.7 Å². The minimum Gasteiger partial charge on any atom is -0.481 e. The van der Waals surface area contributed by atoms with Crippen molar-refractivity contribution >= 4 is 11.6 Å². The Balaban J connectivity index is 2.09. The van der Waals surface area contributed by atoms with Crippen LogP contribution in [0, 0.1) is 17.0 Å². The molecule has 7 heteroatoms. The molecule has 1 aromatic heterocycles. The number of rotatable bonds is 5. The third-order valence-corrected chi connectivity index (χ3v) is 3.21. The van der Waals surface area contributed by atoms with Crippen molar-refractivity contribution in [1.29, 1.82) is 0 Å². The van der Waals surface area contributed by atoms with Gasteiger partial charge in [-0.2, -0.15) is 0 Å². The first-order valence-corrected chi connectivity index (χ1v) is 6.54. The number of nitrogens with zero attached hydrogens (tertiary/aromatic N) is 2. The number of pyridine rings is 1. The first-order chi connectivity index (χ1) is 10.5. The number of methoxy groups -OCH3 is 1. The number of nitrogens with one attached hydrogen (secondary N) is 1. The van der Waals surface area contributed by atoms with E-state index in [1.54, 1.807) is 31.3 Å². The van der Waals surface area contributed by atoms with Gasteiger partial charge in [0.25, 0.3) is 11.6 Å². The molecule has 0 unspecified atom stereocenters. The Morgan fingerprint density at radius 2 is 2.14 bits per heavy atom. The largest absolute Gasteiger partial charge is 0.481 e. The zero-order valence-corrected chi connectivity index (χ0v) is 12.2. The molecule has 1 aromatic carbocycles. The normalized spacial score (nSPS) is 10.1. The minimum atomic E-state index is -0.500. The van der Waals surface area contributed by atoms with Crippen molar-refractivity contribution in [2.45, 2.75) is 13.5 Å². The summed E-state index contributed by atoms with van der Waals surface area (Å²) < 4.78 is 4.95. The van der Waals surface area contributed by atoms with E-state index in [4.69, 9.17) is 4.74 Å². The third kappa shape index (κ3) is 3.38. The summed E-state index contributed by atoms with van der Waals surface area (Å²) in [6, 6.07) is 7.91. The first-order valence-electron chi connectivity index (χ1n) is 6.54. The van der Waals surface area contributed by atoms with Crippen molar-refractivity contribution in [3.8, 4) is 5.88 Å². The van der Waals surface area contributed by atoms with Crippen molar-refractivity contribution in [3.05, 3.63) is 63.3 Å². The Kier molecular flexibility index (Phi) is 4.67. The summed E-state index contributed by atoms with van der Waals surface area (Å²) in [7, 11) is 1.52. The van der Waals surface area contributed by atoms with Gasteiger partial charge in [-0.1, -0.05) is 12.1 Å². The maximum Gasteiger partial charge on any atom is 0.273 e. The molecule has 114 valence electrons. The van der Waals surface area contributed by atoms with E-state index in [0.717, 1.165) is 5.56 Å². The molecule has 7 nitrogen and oxygen atoms in total. The van der Waals surface area contributed by atoms with Gasteiger partial charge in [-0.25, -0.2) is 4.98 Å². The summed E-state index contributed by atoms with van der Waals surface area (Å²) >= 11 is 0. The van der Waals surface area contributed by atoms with Crippen LogP contribution in [0.15, 0.2) is 36.5 Å². The van der Waals surface area contributed by atoms with Crippen LogP contribution in [-0.4, -0.2) is 22.9 Å². The van der Waals surface area contributed by atoms with Crippen molar-refractivity contribution in [2.24, 2.45) is 0 Å². The molecule has 2 aromatic rings. The molecule has 0 radical (unpaired) electrons. The molecule has 0 saturated carbocycles. The Hall–Kier alpha value is -2.96. The van der Waals surface area contributed by atoms with E-state index in [2.05, 4.69) is 10.3 Å². The molecule has 1 amide bonds. The van der Waals surface area contributed by atoms with Gasteiger partial charge in [0.2, 0.25) is 5.88 Å². The van der Waals surface area contributed by atoms with Gasteiger partial charge in [-0.3, -0.25) is 14.9 Å². The highest BCUT2D eigenvalue weighted by molar-refractivity contribution is 5.96. The zero-order chi connectivity index (χ0) is 16.1. The lowest BCUT2D eigenvalue weighted by atomic mass is 10.1. The minimum absolute atomic E-state index is 0.0706. The summed E-state index contributed by atoms with van der Waals surface area (Å²) in [6.07, 6.45) is 1.60. The number of ether oxygens (including phenoxy) is 1. The number of hydrogen-bond acceptors (Lipinski definition) is 5. The van der Waals surface area contributed by atoms with Gasteiger partial charge < -0.3 is 10.1 Å². The lowest BCUT2D eigenvalue weighted by molar-refractivity contribution is -0.385. The zero-order valence-electron chi connectivity index (χ0n) is 12.2. The monoisotopic (exact) mass is 301 g/mol. The van der Waals surface area contributed by atoms with Crippen molar-refractivity contribution in [3.63, 3.8) is 0 Å². The van der Waals surface area contributed by atoms with E-state index >= 15 is 0 Å². The molecule has 2 rings (SSSR count). The van der Waals surface area contributed by atoms with Crippen LogP contribution in [0.25, 0.3) is 0 Å². The molecule has 1 N–H and O–H groups in total. The molecule has 0 atom stereocenters. The smallest absolute Gasteiger partial charge is 0.273 e. The Bertz CT molecular complexity index is 698. The number of benzene rings is 1. The second-order valence-corrected chi connectivity index (χ2v) is 4.60. The molecule has 1 heterocycles. The number of nitro groups is 1. The average molecular weight is 301 g/mol. The molecule has 0 bridgehead atoms. The fraction of sp³-hybridized carbons (Fsp3) is 0.200. The number of amides is 1. The molecule has 22 heavy (non-hydrogen) atoms. The Morgan fingerprint density at radius 1 is 1.36 bits per heavy atom. The molecule has 0 aliphatic rings. The highest BCUT2D eigenvalue weighted by Crippen LogP contribution is 2.21. The lowest BCUT2D eigenvalue weighted by Gasteiger charge is -2.08. The topological polar surface area (TPSA) is 94.4 Å². The molecular formula is C15H15N3O4. The highest BCUT2D eigenvalue weighted by Gasteiger charge is 2.17. The van der Waals surface area contributed by atoms with Gasteiger partial charge in [-0.15, -0.1) is 0 Å². The molecule has 0 fully saturated rings. The Morgan fingerprint density at radius 3 is 2.73 bits per heavy atom. The standard InChI is InChI=1S/C15H15N3O4/c1-10-12(4-3-5-13(10)18(20)21)15(19)17-9-11-6-7-14(22-2)16-8-11/h3-8H,9H2,1-2H3,(H,17,19). The summed E-state index contributed by atoms with van der Waals surface area (Å²) in [6.45, 7) is 1.83. The lowest BCUT2D eigenvalue weighted by Crippen LogP contribution is -2.23. The van der Waals surface area contributed by atoms with Crippen molar-refractivity contribution < 1.29 is 14.5 Å². The predicted octanol–water partition coefficient (Wildman–Crippen LogP) is 2.24. The van der Waals surface area contributed by atoms with Crippen LogP contribution in [0.4, 0.5) is 5.69 Å². The van der Waals surface area contributed by atoms with Gasteiger partial charge in [0.15, 0.2) is 0 Å². The molecule has 0 aliphatic heterocycles. The quantitative estimate of drug-likeness (QED) is 0.675. The van der Waals surface area contributed by atoms with E-state index in [9.17, 15) is 14.9 Å². The third-order valence-electron chi connectivity index (χ3n) is 3.21. The van der Waals surface area contributed by atoms with Gasteiger partial charge in [0.05, 0.1) is 12.0 Å². The Labute approximate surface area is 127 Å². The van der Waals surface area contributed by atoms with Crippen LogP contribution in [0.3, 0.4) is 0 Å². The van der Waals surface area contributed by atoms with Crippen LogP contribution >= 0.6 is 0 Å². The number of carbonyl (C=O) groups excluding carboxylic acids is 1. The maximum absolute atomic E-state index is 12.2. The molecule has 0 aliphatic carbocycles. The van der Waals surface area contributed by atoms with Crippen LogP contribution in [0.1, 0.15) is 21.5 Å². The van der Waals surface area contributed by atoms with Gasteiger partial charge in [-0.05, 0) is 18.6 Å². The van der Waals surface area contributed by atoms with Crippen LogP contribution in [0.5, 0.6) is 5.88 Å². The first kappa shape index (κ1) is 15.4. The van der Waals surface area contributed by atoms with E-state index in [1.165, 1.54) is 19.2 Å². The molecule has 0 saturated heterocycles. The number of nitro benzene ring substituents is 1. The summed E-state index contributed by atoms with van der Waals surface area (Å²) in [5.41, 5.74) is 1.37. The number of hydrogen-bond donors (Lipinski definition) is 1. The second kappa shape index (κ2) is 6.66. The number of carbonyl (C=O) groups is 1. The van der Waals surface area contributed by atoms with Gasteiger partial charge in [0.1, 0.15) is 0 Å². The van der Waals surface area contributed by atoms with E-state index in [1.807, 2.05) is 0 Å². The van der Waals surface area contributed by atoms with E-state index in [0.29, 0.717) is 11.4 Å². The summed E-state index contributed by atoms with van der Waals surface area (Å²) in [5, 5.41) is 13.6.